The second-order valence-corrected chi connectivity index (χ2v) is 7.55. The first-order chi connectivity index (χ1) is 14.0. The first kappa shape index (κ1) is 17.7. The number of aromatic nitrogens is 5. The van der Waals surface area contributed by atoms with Gasteiger partial charge in [0, 0.05) is 32.4 Å². The molecule has 29 heavy (non-hydrogen) atoms. The van der Waals surface area contributed by atoms with Crippen molar-refractivity contribution in [3.8, 4) is 11.4 Å². The number of benzene rings is 1. The number of aryl methyl sites for hydroxylation is 1. The molecule has 0 radical (unpaired) electrons. The van der Waals surface area contributed by atoms with E-state index in [0.29, 0.717) is 28.5 Å². The number of rotatable bonds is 0. The van der Waals surface area contributed by atoms with E-state index in [2.05, 4.69) is 20.2 Å². The Morgan fingerprint density at radius 1 is 1.21 bits per heavy atom. The maximum absolute atomic E-state index is 14.2. The number of fused-ring (bicyclic) bond motifs is 8. The maximum atomic E-state index is 14.2. The minimum Gasteiger partial charge on any atom is -0.348 e. The molecule has 2 aliphatic heterocycles. The number of amides is 1. The summed E-state index contributed by atoms with van der Waals surface area (Å²) in [7, 11) is 3.54. The van der Waals surface area contributed by atoms with Crippen molar-refractivity contribution in [2.75, 3.05) is 18.5 Å². The standard InChI is InChI=1S/C20H20FN7O/c1-26-11-16-15(10-27(2)25-16)19-23-18(9-22-24-19)28-7-3-4-17(28)14-8-12(21)5-6-13(14)20(26)29/h5-6,8-10,17H,3-4,7,11H2,1-2H3/t17-/m1/s1. The molecule has 5 rings (SSSR count). The predicted octanol–water partition coefficient (Wildman–Crippen LogP) is 2.34. The Morgan fingerprint density at radius 2 is 2.07 bits per heavy atom. The van der Waals surface area contributed by atoms with Crippen molar-refractivity contribution >= 4 is 11.7 Å². The highest BCUT2D eigenvalue weighted by molar-refractivity contribution is 5.96. The van der Waals surface area contributed by atoms with Crippen molar-refractivity contribution in [1.82, 2.24) is 29.9 Å². The molecule has 0 unspecified atom stereocenters. The van der Waals surface area contributed by atoms with Crippen LogP contribution in [0.4, 0.5) is 10.2 Å². The van der Waals surface area contributed by atoms with Crippen molar-refractivity contribution in [2.24, 2.45) is 7.05 Å². The summed E-state index contributed by atoms with van der Waals surface area (Å²) in [4.78, 5) is 21.7. The molecule has 9 heteroatoms. The van der Waals surface area contributed by atoms with Gasteiger partial charge in [0.15, 0.2) is 11.6 Å². The Morgan fingerprint density at radius 3 is 2.93 bits per heavy atom. The molecule has 2 aliphatic rings. The van der Waals surface area contributed by atoms with Crippen molar-refractivity contribution in [3.05, 3.63) is 53.2 Å². The normalized spacial score (nSPS) is 18.6. The number of carbonyl (C=O) groups excluding carboxylic acids is 1. The number of hydrogen-bond donors (Lipinski definition) is 0. The predicted molar refractivity (Wildman–Crippen MR) is 104 cm³/mol. The molecule has 2 aromatic heterocycles. The van der Waals surface area contributed by atoms with Crippen LogP contribution in [0, 0.1) is 5.82 Å². The Bertz CT molecular complexity index is 1110. The fraction of sp³-hybridized carbons (Fsp3) is 0.350. The minimum atomic E-state index is -0.355. The van der Waals surface area contributed by atoms with Crippen LogP contribution in [0.25, 0.3) is 11.4 Å². The molecule has 3 aromatic rings. The molecule has 4 heterocycles. The zero-order valence-electron chi connectivity index (χ0n) is 16.2. The molecule has 0 N–H and O–H groups in total. The Balaban J connectivity index is 1.75. The molecule has 0 spiro atoms. The summed E-state index contributed by atoms with van der Waals surface area (Å²) in [5.74, 6) is 0.624. The molecule has 1 atom stereocenters. The zero-order chi connectivity index (χ0) is 20.1. The number of hydrogen-bond acceptors (Lipinski definition) is 6. The van der Waals surface area contributed by atoms with Crippen LogP contribution < -0.4 is 4.90 Å². The van der Waals surface area contributed by atoms with E-state index in [1.807, 2.05) is 13.2 Å². The summed E-state index contributed by atoms with van der Waals surface area (Å²) in [5.41, 5.74) is 2.62. The number of halogens is 1. The summed E-state index contributed by atoms with van der Waals surface area (Å²) < 4.78 is 15.8. The van der Waals surface area contributed by atoms with Gasteiger partial charge in [0.25, 0.3) is 5.91 Å². The summed E-state index contributed by atoms with van der Waals surface area (Å²) in [6, 6.07) is 4.24. The third kappa shape index (κ3) is 2.93. The average molecular weight is 393 g/mol. The highest BCUT2D eigenvalue weighted by Gasteiger charge is 2.33. The third-order valence-electron chi connectivity index (χ3n) is 5.58. The van der Waals surface area contributed by atoms with E-state index in [1.165, 1.54) is 12.1 Å². The SMILES string of the molecule is CN1Cc2nn(C)cc2-c2nncc(n2)N2CCC[C@@H]2c2cc(F)ccc2C1=O. The number of nitrogens with zero attached hydrogens (tertiary/aromatic N) is 7. The van der Waals surface area contributed by atoms with Gasteiger partial charge in [-0.1, -0.05) is 0 Å². The van der Waals surface area contributed by atoms with Crippen LogP contribution in [0.15, 0.2) is 30.6 Å². The van der Waals surface area contributed by atoms with Crippen LogP contribution in [0.3, 0.4) is 0 Å². The highest BCUT2D eigenvalue weighted by Crippen LogP contribution is 2.38. The van der Waals surface area contributed by atoms with E-state index in [9.17, 15) is 9.18 Å². The fourth-order valence-corrected chi connectivity index (χ4v) is 4.26. The lowest BCUT2D eigenvalue weighted by Gasteiger charge is -2.29. The summed E-state index contributed by atoms with van der Waals surface area (Å²) in [6.07, 6.45) is 5.19. The maximum Gasteiger partial charge on any atom is 0.254 e. The lowest BCUT2D eigenvalue weighted by atomic mass is 9.97. The lowest BCUT2D eigenvalue weighted by Crippen LogP contribution is -2.31. The minimum absolute atomic E-state index is 0.143. The molecule has 1 aromatic carbocycles. The van der Waals surface area contributed by atoms with Gasteiger partial charge >= 0.3 is 0 Å². The van der Waals surface area contributed by atoms with E-state index in [1.54, 1.807) is 28.9 Å². The van der Waals surface area contributed by atoms with Gasteiger partial charge in [-0.25, -0.2) is 9.37 Å². The number of anilines is 1. The van der Waals surface area contributed by atoms with Crippen LogP contribution in [0.2, 0.25) is 0 Å². The van der Waals surface area contributed by atoms with Crippen molar-refractivity contribution in [2.45, 2.75) is 25.4 Å². The highest BCUT2D eigenvalue weighted by atomic mass is 19.1. The monoisotopic (exact) mass is 393 g/mol. The van der Waals surface area contributed by atoms with Crippen molar-refractivity contribution < 1.29 is 9.18 Å². The van der Waals surface area contributed by atoms with Crippen LogP contribution in [-0.4, -0.2) is 49.4 Å². The molecule has 148 valence electrons. The zero-order valence-corrected chi connectivity index (χ0v) is 16.2. The van der Waals surface area contributed by atoms with Gasteiger partial charge in [-0.15, -0.1) is 5.10 Å². The van der Waals surface area contributed by atoms with E-state index < -0.39 is 0 Å². The molecule has 1 saturated heterocycles. The smallest absolute Gasteiger partial charge is 0.254 e. The fourth-order valence-electron chi connectivity index (χ4n) is 4.26. The van der Waals surface area contributed by atoms with E-state index in [4.69, 9.17) is 4.98 Å². The van der Waals surface area contributed by atoms with Crippen molar-refractivity contribution in [3.63, 3.8) is 0 Å². The van der Waals surface area contributed by atoms with Gasteiger partial charge in [-0.05, 0) is 36.6 Å². The molecule has 1 fully saturated rings. The largest absolute Gasteiger partial charge is 0.348 e. The van der Waals surface area contributed by atoms with Crippen LogP contribution >= 0.6 is 0 Å². The van der Waals surface area contributed by atoms with Crippen LogP contribution in [-0.2, 0) is 13.6 Å². The van der Waals surface area contributed by atoms with Gasteiger partial charge in [0.2, 0.25) is 0 Å². The van der Waals surface area contributed by atoms with E-state index >= 15 is 0 Å². The Hall–Kier alpha value is -3.36. The van der Waals surface area contributed by atoms with Crippen LogP contribution in [0.1, 0.15) is 40.5 Å². The Kier molecular flexibility index (Phi) is 4.04. The topological polar surface area (TPSA) is 80.0 Å². The van der Waals surface area contributed by atoms with Gasteiger partial charge < -0.3 is 9.80 Å². The summed E-state index contributed by atoms with van der Waals surface area (Å²) in [6.45, 7) is 1.04. The number of carbonyl (C=O) groups is 1. The first-order valence-corrected chi connectivity index (χ1v) is 9.55. The summed E-state index contributed by atoms with van der Waals surface area (Å²) >= 11 is 0. The van der Waals surface area contributed by atoms with Gasteiger partial charge in [0.05, 0.1) is 30.0 Å². The second kappa shape index (κ2) is 6.61. The molecule has 8 nitrogen and oxygen atoms in total. The first-order valence-electron chi connectivity index (χ1n) is 9.55. The average Bonchev–Trinajstić information content (AvgIpc) is 3.33. The molecule has 0 saturated carbocycles. The Labute approximate surface area is 167 Å². The van der Waals surface area contributed by atoms with Gasteiger partial charge in [-0.2, -0.15) is 10.2 Å². The van der Waals surface area contributed by atoms with E-state index in [-0.39, 0.29) is 24.3 Å². The lowest BCUT2D eigenvalue weighted by molar-refractivity contribution is 0.0781. The van der Waals surface area contributed by atoms with Gasteiger partial charge in [-0.3, -0.25) is 9.48 Å². The second-order valence-electron chi connectivity index (χ2n) is 7.55. The summed E-state index contributed by atoms with van der Waals surface area (Å²) in [5, 5.41) is 12.9. The van der Waals surface area contributed by atoms with Gasteiger partial charge in [0.1, 0.15) is 5.82 Å². The van der Waals surface area contributed by atoms with Crippen LogP contribution in [0.5, 0.6) is 0 Å². The molecular formula is C20H20FN7O. The third-order valence-corrected chi connectivity index (χ3v) is 5.58. The van der Waals surface area contributed by atoms with Crippen molar-refractivity contribution in [1.29, 1.82) is 0 Å². The molecular weight excluding hydrogens is 373 g/mol. The quantitative estimate of drug-likeness (QED) is 0.583. The molecule has 2 bridgehead atoms. The molecule has 1 amide bonds. The molecule has 0 aliphatic carbocycles. The van der Waals surface area contributed by atoms with E-state index in [0.717, 1.165) is 24.9 Å².